The fraction of sp³-hybridized carbons (Fsp3) is 0.222. The fourth-order valence-corrected chi connectivity index (χ4v) is 3.70. The van der Waals surface area contributed by atoms with Crippen molar-refractivity contribution in [2.45, 2.75) is 24.8 Å². The van der Waals surface area contributed by atoms with Crippen LogP contribution < -0.4 is 5.32 Å². The van der Waals surface area contributed by atoms with E-state index in [2.05, 4.69) is 33.5 Å². The number of aromatic nitrogens is 2. The van der Waals surface area contributed by atoms with Crippen LogP contribution in [0, 0.1) is 0 Å². The molecule has 0 amide bonds. The van der Waals surface area contributed by atoms with Crippen LogP contribution in [-0.4, -0.2) is 26.5 Å². The number of fused-ring (bicyclic) bond motifs is 1. The second-order valence-corrected chi connectivity index (χ2v) is 8.19. The highest BCUT2D eigenvalue weighted by atomic mass is 32.2. The lowest BCUT2D eigenvalue weighted by atomic mass is 10.2. The third-order valence-electron chi connectivity index (χ3n) is 3.50. The van der Waals surface area contributed by atoms with Crippen molar-refractivity contribution in [2.75, 3.05) is 11.6 Å². The Morgan fingerprint density at radius 3 is 2.54 bits per heavy atom. The van der Waals surface area contributed by atoms with Gasteiger partial charge in [0.05, 0.1) is 20.9 Å². The lowest BCUT2D eigenvalue weighted by Crippen LogP contribution is -2.11. The van der Waals surface area contributed by atoms with E-state index in [9.17, 15) is 4.21 Å². The minimum Gasteiger partial charge on any atom is -0.367 e. The average molecular weight is 340 g/mol. The zero-order valence-electron chi connectivity index (χ0n) is 13.9. The van der Waals surface area contributed by atoms with Gasteiger partial charge >= 0.3 is 0 Å². The van der Waals surface area contributed by atoms with Gasteiger partial charge in [-0.05, 0) is 44.2 Å². The number of hydrogen-bond acceptors (Lipinski definition) is 5. The summed E-state index contributed by atoms with van der Waals surface area (Å²) in [6.45, 7) is 4.10. The molecular weight excluding hydrogens is 320 g/mol. The molecule has 0 unspecified atom stereocenters. The van der Waals surface area contributed by atoms with E-state index in [1.807, 2.05) is 48.5 Å². The Morgan fingerprint density at radius 1 is 1.08 bits per heavy atom. The molecule has 3 rings (SSSR count). The van der Waals surface area contributed by atoms with Crippen molar-refractivity contribution in [1.82, 2.24) is 9.97 Å². The summed E-state index contributed by atoms with van der Waals surface area (Å²) >= 11 is 0. The highest BCUT2D eigenvalue weighted by Gasteiger charge is 2.09. The smallest absolute Gasteiger partial charge is 0.137 e. The maximum atomic E-state index is 12.9. The summed E-state index contributed by atoms with van der Waals surface area (Å²) in [5.41, 5.74) is 1.48. The molecule has 1 N–H and O–H groups in total. The van der Waals surface area contributed by atoms with E-state index in [0.717, 1.165) is 21.6 Å². The van der Waals surface area contributed by atoms with Gasteiger partial charge in [0, 0.05) is 22.6 Å². The van der Waals surface area contributed by atoms with Gasteiger partial charge in [-0.2, -0.15) is 4.36 Å². The molecule has 0 saturated heterocycles. The van der Waals surface area contributed by atoms with Crippen molar-refractivity contribution >= 4 is 32.1 Å². The van der Waals surface area contributed by atoms with Gasteiger partial charge in [0.15, 0.2) is 0 Å². The minimum absolute atomic E-state index is 0.253. The molecule has 0 fully saturated rings. The second-order valence-electron chi connectivity index (χ2n) is 5.93. The van der Waals surface area contributed by atoms with Crippen LogP contribution >= 0.6 is 0 Å². The van der Waals surface area contributed by atoms with E-state index in [4.69, 9.17) is 0 Å². The molecule has 24 heavy (non-hydrogen) atoms. The molecule has 0 radical (unpaired) electrons. The molecule has 0 aliphatic heterocycles. The number of nitrogens with one attached hydrogen (secondary N) is 1. The molecule has 0 aliphatic carbocycles. The average Bonchev–Trinajstić information content (AvgIpc) is 2.55. The number of nitrogens with zero attached hydrogens (tertiary/aromatic N) is 3. The van der Waals surface area contributed by atoms with Gasteiger partial charge in [-0.25, -0.2) is 14.2 Å². The first-order valence-corrected chi connectivity index (χ1v) is 9.66. The Labute approximate surface area is 142 Å². The van der Waals surface area contributed by atoms with E-state index in [0.29, 0.717) is 5.69 Å². The zero-order valence-corrected chi connectivity index (χ0v) is 14.7. The van der Waals surface area contributed by atoms with Crippen molar-refractivity contribution in [3.05, 3.63) is 54.9 Å². The highest BCUT2D eigenvalue weighted by Crippen LogP contribution is 2.27. The summed E-state index contributed by atoms with van der Waals surface area (Å²) in [5.74, 6) is 0.759. The van der Waals surface area contributed by atoms with Crippen molar-refractivity contribution in [1.29, 1.82) is 0 Å². The maximum Gasteiger partial charge on any atom is 0.137 e. The predicted molar refractivity (Wildman–Crippen MR) is 99.2 cm³/mol. The third-order valence-corrected chi connectivity index (χ3v) is 5.21. The molecule has 0 bridgehead atoms. The number of hydrogen-bond donors (Lipinski definition) is 1. The van der Waals surface area contributed by atoms with Gasteiger partial charge in [-0.3, -0.25) is 0 Å². The van der Waals surface area contributed by atoms with Crippen LogP contribution in [0.25, 0.3) is 10.9 Å². The van der Waals surface area contributed by atoms with Crippen LogP contribution in [-0.2, 0) is 9.73 Å². The topological polar surface area (TPSA) is 67.2 Å². The lowest BCUT2D eigenvalue weighted by molar-refractivity contribution is 0.681. The molecule has 0 saturated carbocycles. The molecule has 2 aromatic carbocycles. The molecule has 1 heterocycles. The Morgan fingerprint density at radius 2 is 1.83 bits per heavy atom. The highest BCUT2D eigenvalue weighted by molar-refractivity contribution is 7.93. The monoisotopic (exact) mass is 340 g/mol. The molecule has 3 aromatic rings. The van der Waals surface area contributed by atoms with Gasteiger partial charge in [-0.1, -0.05) is 18.2 Å². The summed E-state index contributed by atoms with van der Waals surface area (Å²) in [4.78, 5) is 9.31. The standard InChI is InChI=1S/C18H20N4OS/c1-13(2)21-18-16-11-14(9-10-17(16)19-12-20-18)22-24(3,23)15-7-5-4-6-8-15/h4-13H,1-3H3,(H,19,20,21)/t24-/m0/s1. The molecular formula is C18H20N4OS. The largest absolute Gasteiger partial charge is 0.367 e. The fourth-order valence-electron chi connectivity index (χ4n) is 2.42. The minimum atomic E-state index is -2.50. The first kappa shape index (κ1) is 16.4. The first-order valence-electron chi connectivity index (χ1n) is 7.74. The molecule has 124 valence electrons. The quantitative estimate of drug-likeness (QED) is 0.771. The van der Waals surface area contributed by atoms with Crippen LogP contribution in [0.3, 0.4) is 0 Å². The molecule has 0 aliphatic rings. The summed E-state index contributed by atoms with van der Waals surface area (Å²) in [6.07, 6.45) is 3.19. The van der Waals surface area contributed by atoms with Crippen LogP contribution in [0.4, 0.5) is 11.5 Å². The van der Waals surface area contributed by atoms with Crippen LogP contribution in [0.15, 0.2) is 64.1 Å². The molecule has 0 spiro atoms. The van der Waals surface area contributed by atoms with Crippen LogP contribution in [0.5, 0.6) is 0 Å². The lowest BCUT2D eigenvalue weighted by Gasteiger charge is -2.11. The Bertz CT molecular complexity index is 977. The third kappa shape index (κ3) is 3.54. The van der Waals surface area contributed by atoms with E-state index in [1.54, 1.807) is 6.26 Å². The summed E-state index contributed by atoms with van der Waals surface area (Å²) in [6, 6.07) is 15.2. The number of anilines is 1. The molecule has 1 aromatic heterocycles. The summed E-state index contributed by atoms with van der Waals surface area (Å²) in [7, 11) is -2.50. The van der Waals surface area contributed by atoms with Gasteiger partial charge in [-0.15, -0.1) is 0 Å². The van der Waals surface area contributed by atoms with E-state index < -0.39 is 9.73 Å². The zero-order chi connectivity index (χ0) is 17.2. The van der Waals surface area contributed by atoms with E-state index in [-0.39, 0.29) is 6.04 Å². The Hall–Kier alpha value is -2.47. The summed E-state index contributed by atoms with van der Waals surface area (Å²) < 4.78 is 17.4. The molecule has 5 nitrogen and oxygen atoms in total. The SMILES string of the molecule is CC(C)Nc1ncnc2ccc(N=[S@@](C)(=O)c3ccccc3)cc12. The van der Waals surface area contributed by atoms with Gasteiger partial charge < -0.3 is 5.32 Å². The van der Waals surface area contributed by atoms with Gasteiger partial charge in [0.1, 0.15) is 12.1 Å². The van der Waals surface area contributed by atoms with Crippen molar-refractivity contribution in [3.63, 3.8) is 0 Å². The number of rotatable bonds is 4. The maximum absolute atomic E-state index is 12.9. The Balaban J connectivity index is 2.11. The predicted octanol–water partition coefficient (Wildman–Crippen LogP) is 4.24. The van der Waals surface area contributed by atoms with Crippen LogP contribution in [0.2, 0.25) is 0 Å². The molecule has 6 heteroatoms. The first-order chi connectivity index (χ1) is 11.5. The normalized spacial score (nSPS) is 13.7. The number of benzene rings is 2. The van der Waals surface area contributed by atoms with Gasteiger partial charge in [0.25, 0.3) is 0 Å². The van der Waals surface area contributed by atoms with Gasteiger partial charge in [0.2, 0.25) is 0 Å². The second kappa shape index (κ2) is 6.57. The van der Waals surface area contributed by atoms with Crippen molar-refractivity contribution in [2.24, 2.45) is 4.36 Å². The van der Waals surface area contributed by atoms with E-state index >= 15 is 0 Å². The Kier molecular flexibility index (Phi) is 4.49. The van der Waals surface area contributed by atoms with Crippen molar-refractivity contribution < 1.29 is 4.21 Å². The summed E-state index contributed by atoms with van der Waals surface area (Å²) in [5, 5.41) is 4.18. The molecule has 1 atom stereocenters. The van der Waals surface area contributed by atoms with Crippen molar-refractivity contribution in [3.8, 4) is 0 Å². The van der Waals surface area contributed by atoms with E-state index in [1.165, 1.54) is 6.33 Å². The van der Waals surface area contributed by atoms with Crippen LogP contribution in [0.1, 0.15) is 13.8 Å².